The van der Waals surface area contributed by atoms with E-state index >= 15 is 0 Å². The quantitative estimate of drug-likeness (QED) is 0.821. The van der Waals surface area contributed by atoms with Crippen LogP contribution < -0.4 is 10.1 Å². The summed E-state index contributed by atoms with van der Waals surface area (Å²) >= 11 is 6.26. The lowest BCUT2D eigenvalue weighted by molar-refractivity contribution is -0.0222. The Balaban J connectivity index is 1.11. The Kier molecular flexibility index (Phi) is 4.87. The summed E-state index contributed by atoms with van der Waals surface area (Å²) in [5.41, 5.74) is 2.03. The lowest BCUT2D eigenvalue weighted by Crippen LogP contribution is -2.60. The smallest absolute Gasteiger partial charge is 0.320 e. The van der Waals surface area contributed by atoms with Crippen molar-refractivity contribution in [1.82, 2.24) is 15.1 Å². The molecule has 0 bridgehead atoms. The zero-order valence-electron chi connectivity index (χ0n) is 16.8. The van der Waals surface area contributed by atoms with Crippen molar-refractivity contribution in [1.29, 1.82) is 0 Å². The van der Waals surface area contributed by atoms with Gasteiger partial charge in [0.25, 0.3) is 0 Å². The molecule has 2 amide bonds. The van der Waals surface area contributed by atoms with Crippen molar-refractivity contribution >= 4 is 17.6 Å². The van der Waals surface area contributed by atoms with Gasteiger partial charge in [0.1, 0.15) is 5.75 Å². The van der Waals surface area contributed by atoms with Crippen molar-refractivity contribution in [2.24, 2.45) is 17.8 Å². The van der Waals surface area contributed by atoms with Gasteiger partial charge >= 0.3 is 6.03 Å². The van der Waals surface area contributed by atoms with Crippen LogP contribution >= 0.6 is 11.6 Å². The first-order valence-electron chi connectivity index (χ1n) is 10.5. The lowest BCUT2D eigenvalue weighted by atomic mass is 10.0. The minimum absolute atomic E-state index is 0.159. The summed E-state index contributed by atoms with van der Waals surface area (Å²) in [6.45, 7) is 10.3. The number of nitrogens with zero attached hydrogens (tertiary/aromatic N) is 2. The number of ether oxygens (including phenoxy) is 2. The van der Waals surface area contributed by atoms with Crippen LogP contribution in [-0.4, -0.2) is 67.4 Å². The van der Waals surface area contributed by atoms with Crippen molar-refractivity contribution < 1.29 is 14.3 Å². The number of hydrogen-bond acceptors (Lipinski definition) is 4. The highest BCUT2D eigenvalue weighted by Crippen LogP contribution is 2.52. The molecule has 1 saturated carbocycles. The minimum atomic E-state index is 0.159. The molecule has 1 N–H and O–H groups in total. The molecule has 0 spiro atoms. The number of nitrogens with one attached hydrogen (secondary N) is 1. The Labute approximate surface area is 176 Å². The Bertz CT molecular complexity index is 820. The summed E-state index contributed by atoms with van der Waals surface area (Å²) in [5, 5.41) is 4.07. The van der Waals surface area contributed by atoms with E-state index in [1.54, 1.807) is 0 Å². The van der Waals surface area contributed by atoms with Crippen LogP contribution in [0.15, 0.2) is 30.5 Å². The Morgan fingerprint density at radius 2 is 2.10 bits per heavy atom. The maximum Gasteiger partial charge on any atom is 0.320 e. The van der Waals surface area contributed by atoms with Gasteiger partial charge in [-0.2, -0.15) is 0 Å². The molecule has 6 nitrogen and oxygen atoms in total. The van der Waals surface area contributed by atoms with Crippen molar-refractivity contribution in [3.63, 3.8) is 0 Å². The molecule has 5 atom stereocenters. The first-order chi connectivity index (χ1) is 14.0. The first kappa shape index (κ1) is 19.1. The highest BCUT2D eigenvalue weighted by molar-refractivity contribution is 6.32. The zero-order valence-corrected chi connectivity index (χ0v) is 17.5. The predicted octanol–water partition coefficient (Wildman–Crippen LogP) is 2.90. The third kappa shape index (κ3) is 3.68. The topological polar surface area (TPSA) is 54.0 Å². The summed E-state index contributed by atoms with van der Waals surface area (Å²) in [6.07, 6.45) is 1.07. The molecule has 3 heterocycles. The van der Waals surface area contributed by atoms with E-state index in [4.69, 9.17) is 21.1 Å². The molecule has 4 fully saturated rings. The molecule has 3 saturated heterocycles. The fraction of sp³-hybridized carbons (Fsp3) is 0.591. The van der Waals surface area contributed by atoms with E-state index in [9.17, 15) is 4.79 Å². The van der Waals surface area contributed by atoms with E-state index in [0.29, 0.717) is 42.5 Å². The molecule has 3 aliphatic heterocycles. The van der Waals surface area contributed by atoms with Crippen molar-refractivity contribution in [3.8, 4) is 5.75 Å². The Morgan fingerprint density at radius 3 is 2.86 bits per heavy atom. The van der Waals surface area contributed by atoms with Crippen LogP contribution in [0.25, 0.3) is 0 Å². The molecule has 0 aromatic heterocycles. The van der Waals surface area contributed by atoms with E-state index in [0.717, 1.165) is 43.1 Å². The summed E-state index contributed by atoms with van der Waals surface area (Å²) < 4.78 is 11.8. The van der Waals surface area contributed by atoms with Gasteiger partial charge < -0.3 is 24.6 Å². The molecular formula is C22H28ClN3O3. The molecule has 1 aliphatic carbocycles. The van der Waals surface area contributed by atoms with E-state index in [1.165, 1.54) is 0 Å². The predicted molar refractivity (Wildman–Crippen MR) is 111 cm³/mol. The second kappa shape index (κ2) is 7.40. The van der Waals surface area contributed by atoms with E-state index in [-0.39, 0.29) is 18.2 Å². The van der Waals surface area contributed by atoms with Gasteiger partial charge in [-0.25, -0.2) is 4.79 Å². The highest BCUT2D eigenvalue weighted by Gasteiger charge is 2.57. The van der Waals surface area contributed by atoms with Crippen molar-refractivity contribution in [2.75, 3.05) is 39.4 Å². The molecule has 4 aliphatic rings. The largest absolute Gasteiger partial charge is 0.492 e. The standard InChI is InChI=1S/C22H28ClN3O3/c1-13-3-4-20(18(23)7-13)29-12-17-15-8-26(9-16(15)17)22(27)25-6-5-21-19(10-25)24-14(2)11-28-21/h3-4,7,15-17,19,21,24H,2,5-6,8-12H2,1H3/t15-,16+,17?,19?,21?. The van der Waals surface area contributed by atoms with Gasteiger partial charge in [-0.15, -0.1) is 0 Å². The van der Waals surface area contributed by atoms with Crippen LogP contribution in [0.1, 0.15) is 12.0 Å². The number of urea groups is 1. The second-order valence-electron chi connectivity index (χ2n) is 8.86. The third-order valence-corrected chi connectivity index (χ3v) is 7.14. The molecule has 7 heteroatoms. The first-order valence-corrected chi connectivity index (χ1v) is 10.9. The maximum absolute atomic E-state index is 13.0. The number of morpholine rings is 1. The normalized spacial score (nSPS) is 33.0. The molecule has 5 rings (SSSR count). The monoisotopic (exact) mass is 417 g/mol. The third-order valence-electron chi connectivity index (χ3n) is 6.84. The highest BCUT2D eigenvalue weighted by atomic mass is 35.5. The maximum atomic E-state index is 13.0. The number of carbonyl (C=O) groups is 1. The lowest BCUT2D eigenvalue weighted by Gasteiger charge is -2.43. The van der Waals surface area contributed by atoms with Crippen molar-refractivity contribution in [2.45, 2.75) is 25.5 Å². The van der Waals surface area contributed by atoms with Gasteiger partial charge in [-0.3, -0.25) is 0 Å². The van der Waals surface area contributed by atoms with E-state index in [1.807, 2.05) is 34.9 Å². The van der Waals surface area contributed by atoms with Crippen LogP contribution in [0.3, 0.4) is 0 Å². The van der Waals surface area contributed by atoms with Crippen LogP contribution in [0.5, 0.6) is 5.75 Å². The van der Waals surface area contributed by atoms with Gasteiger partial charge in [0.05, 0.1) is 30.4 Å². The van der Waals surface area contributed by atoms with Crippen LogP contribution in [0.4, 0.5) is 4.79 Å². The van der Waals surface area contributed by atoms with Gasteiger partial charge in [-0.05, 0) is 42.9 Å². The van der Waals surface area contributed by atoms with Gasteiger partial charge in [0.15, 0.2) is 0 Å². The van der Waals surface area contributed by atoms with Crippen molar-refractivity contribution in [3.05, 3.63) is 41.1 Å². The molecule has 156 valence electrons. The molecule has 1 aromatic rings. The summed E-state index contributed by atoms with van der Waals surface area (Å²) in [6, 6.07) is 6.20. The van der Waals surface area contributed by atoms with Crippen LogP contribution in [-0.2, 0) is 4.74 Å². The summed E-state index contributed by atoms with van der Waals surface area (Å²) in [5.74, 6) is 2.38. The SMILES string of the molecule is C=C1COC2CCN(C(=O)N3C[C@@H]4C(COc5ccc(C)cc5Cl)[C@@H]4C3)CC2N1. The number of likely N-dealkylation sites (tertiary alicyclic amines) is 2. The number of rotatable bonds is 3. The van der Waals surface area contributed by atoms with Gasteiger partial charge in [0.2, 0.25) is 0 Å². The van der Waals surface area contributed by atoms with Crippen LogP contribution in [0.2, 0.25) is 5.02 Å². The summed E-state index contributed by atoms with van der Waals surface area (Å²) in [4.78, 5) is 17.0. The Morgan fingerprint density at radius 1 is 1.31 bits per heavy atom. The molecule has 29 heavy (non-hydrogen) atoms. The number of carbonyl (C=O) groups excluding carboxylic acids is 1. The van der Waals surface area contributed by atoms with E-state index < -0.39 is 0 Å². The number of benzene rings is 1. The zero-order chi connectivity index (χ0) is 20.1. The van der Waals surface area contributed by atoms with Crippen LogP contribution in [0, 0.1) is 24.7 Å². The number of piperidine rings is 2. The Hall–Kier alpha value is -1.92. The summed E-state index contributed by atoms with van der Waals surface area (Å²) in [7, 11) is 0. The fourth-order valence-electron chi connectivity index (χ4n) is 5.12. The molecular weight excluding hydrogens is 390 g/mol. The average Bonchev–Trinajstić information content (AvgIpc) is 3.15. The number of aryl methyl sites for hydroxylation is 1. The minimum Gasteiger partial charge on any atom is -0.492 e. The van der Waals surface area contributed by atoms with Gasteiger partial charge in [0, 0.05) is 37.8 Å². The molecule has 3 unspecified atom stereocenters. The number of halogens is 1. The second-order valence-corrected chi connectivity index (χ2v) is 9.27. The number of hydrogen-bond donors (Lipinski definition) is 1. The van der Waals surface area contributed by atoms with E-state index in [2.05, 4.69) is 11.9 Å². The fourth-order valence-corrected chi connectivity index (χ4v) is 5.41. The number of amides is 2. The molecule has 0 radical (unpaired) electrons. The average molecular weight is 418 g/mol. The molecule has 1 aromatic carbocycles. The van der Waals surface area contributed by atoms with Gasteiger partial charge in [-0.1, -0.05) is 24.2 Å². The number of fused-ring (bicyclic) bond motifs is 2.